The Morgan fingerprint density at radius 3 is 2.67 bits per heavy atom. The number of amides is 1. The molecule has 5 heteroatoms. The standard InChI is InChI=1S/C13H17ClN2O2/c1-8(9-2-4-10(14)5-3-9)16-13(17)11-6-18-7-12(11)15/h2-5,8,11-12H,6-7,15H2,1H3,(H,16,17). The molecule has 0 spiro atoms. The van der Waals surface area contributed by atoms with Gasteiger partial charge in [0.2, 0.25) is 5.91 Å². The lowest BCUT2D eigenvalue weighted by molar-refractivity contribution is -0.125. The number of nitrogens with one attached hydrogen (secondary N) is 1. The molecule has 0 aromatic heterocycles. The van der Waals surface area contributed by atoms with E-state index in [1.54, 1.807) is 0 Å². The van der Waals surface area contributed by atoms with Crippen LogP contribution in [0.1, 0.15) is 18.5 Å². The maximum Gasteiger partial charge on any atom is 0.227 e. The molecule has 1 aromatic rings. The van der Waals surface area contributed by atoms with Crippen LogP contribution in [-0.4, -0.2) is 25.2 Å². The summed E-state index contributed by atoms with van der Waals surface area (Å²) in [6.07, 6.45) is 0. The van der Waals surface area contributed by atoms with Gasteiger partial charge in [-0.3, -0.25) is 4.79 Å². The van der Waals surface area contributed by atoms with Crippen molar-refractivity contribution < 1.29 is 9.53 Å². The summed E-state index contributed by atoms with van der Waals surface area (Å²) >= 11 is 5.82. The zero-order chi connectivity index (χ0) is 13.1. The zero-order valence-corrected chi connectivity index (χ0v) is 11.0. The normalized spacial score (nSPS) is 24.8. The highest BCUT2D eigenvalue weighted by molar-refractivity contribution is 6.30. The van der Waals surface area contributed by atoms with E-state index in [0.717, 1.165) is 5.56 Å². The molecular weight excluding hydrogens is 252 g/mol. The molecule has 1 amide bonds. The third-order valence-electron chi connectivity index (χ3n) is 3.19. The van der Waals surface area contributed by atoms with Crippen LogP contribution < -0.4 is 11.1 Å². The summed E-state index contributed by atoms with van der Waals surface area (Å²) in [5.74, 6) is -0.304. The number of hydrogen-bond acceptors (Lipinski definition) is 3. The van der Waals surface area contributed by atoms with Gasteiger partial charge in [-0.25, -0.2) is 0 Å². The number of carbonyl (C=O) groups is 1. The van der Waals surface area contributed by atoms with Crippen molar-refractivity contribution in [2.45, 2.75) is 19.0 Å². The summed E-state index contributed by atoms with van der Waals surface area (Å²) in [6.45, 7) is 2.79. The predicted octanol–water partition coefficient (Wildman–Crippen LogP) is 1.49. The SMILES string of the molecule is CC(NC(=O)C1COCC1N)c1ccc(Cl)cc1. The first kappa shape index (κ1) is 13.3. The van der Waals surface area contributed by atoms with Gasteiger partial charge in [0.05, 0.1) is 25.2 Å². The average molecular weight is 269 g/mol. The number of nitrogens with two attached hydrogens (primary N) is 1. The van der Waals surface area contributed by atoms with E-state index in [4.69, 9.17) is 22.1 Å². The van der Waals surface area contributed by atoms with Gasteiger partial charge in [-0.2, -0.15) is 0 Å². The highest BCUT2D eigenvalue weighted by Crippen LogP contribution is 2.18. The Labute approximate surface area is 111 Å². The highest BCUT2D eigenvalue weighted by Gasteiger charge is 2.31. The fourth-order valence-corrected chi connectivity index (χ4v) is 2.12. The first-order valence-electron chi connectivity index (χ1n) is 5.97. The number of hydrogen-bond donors (Lipinski definition) is 2. The molecule has 1 aromatic carbocycles. The van der Waals surface area contributed by atoms with Gasteiger partial charge >= 0.3 is 0 Å². The fourth-order valence-electron chi connectivity index (χ4n) is 2.00. The summed E-state index contributed by atoms with van der Waals surface area (Å²) in [6, 6.07) is 7.15. The molecule has 3 atom stereocenters. The van der Waals surface area contributed by atoms with E-state index in [9.17, 15) is 4.79 Å². The van der Waals surface area contributed by atoms with Crippen LogP contribution in [0.5, 0.6) is 0 Å². The van der Waals surface area contributed by atoms with Crippen molar-refractivity contribution in [3.05, 3.63) is 34.9 Å². The maximum absolute atomic E-state index is 12.0. The Kier molecular flexibility index (Phi) is 4.22. The van der Waals surface area contributed by atoms with E-state index in [1.807, 2.05) is 31.2 Å². The van der Waals surface area contributed by atoms with Crippen LogP contribution in [0.3, 0.4) is 0 Å². The maximum atomic E-state index is 12.0. The Morgan fingerprint density at radius 1 is 1.44 bits per heavy atom. The fraction of sp³-hybridized carbons (Fsp3) is 0.462. The molecular formula is C13H17ClN2O2. The number of halogens is 1. The summed E-state index contributed by atoms with van der Waals surface area (Å²) < 4.78 is 5.19. The van der Waals surface area contributed by atoms with Gasteiger partial charge in [0.15, 0.2) is 0 Å². The molecule has 4 nitrogen and oxygen atoms in total. The van der Waals surface area contributed by atoms with Gasteiger partial charge in [0.25, 0.3) is 0 Å². The molecule has 18 heavy (non-hydrogen) atoms. The van der Waals surface area contributed by atoms with Crippen LogP contribution >= 0.6 is 11.6 Å². The van der Waals surface area contributed by atoms with Crippen LogP contribution in [0, 0.1) is 5.92 Å². The summed E-state index contributed by atoms with van der Waals surface area (Å²) in [7, 11) is 0. The molecule has 0 aliphatic carbocycles. The minimum Gasteiger partial charge on any atom is -0.379 e. The van der Waals surface area contributed by atoms with Crippen LogP contribution in [0.2, 0.25) is 5.02 Å². The molecule has 1 fully saturated rings. The predicted molar refractivity (Wildman–Crippen MR) is 70.3 cm³/mol. The minimum absolute atomic E-state index is 0.0533. The van der Waals surface area contributed by atoms with Gasteiger partial charge in [-0.1, -0.05) is 23.7 Å². The van der Waals surface area contributed by atoms with Crippen LogP contribution in [0.15, 0.2) is 24.3 Å². The molecule has 1 aliphatic heterocycles. The summed E-state index contributed by atoms with van der Waals surface area (Å²) in [5.41, 5.74) is 6.82. The lowest BCUT2D eigenvalue weighted by atomic mass is 10.0. The van der Waals surface area contributed by atoms with E-state index in [-0.39, 0.29) is 23.9 Å². The van der Waals surface area contributed by atoms with Crippen LogP contribution in [0.4, 0.5) is 0 Å². The van der Waals surface area contributed by atoms with Crippen LogP contribution in [0.25, 0.3) is 0 Å². The Morgan fingerprint density at radius 2 is 2.11 bits per heavy atom. The molecule has 1 heterocycles. The van der Waals surface area contributed by atoms with E-state index < -0.39 is 0 Å². The molecule has 0 bridgehead atoms. The monoisotopic (exact) mass is 268 g/mol. The Hall–Kier alpha value is -1.10. The summed E-state index contributed by atoms with van der Waals surface area (Å²) in [4.78, 5) is 12.0. The number of benzene rings is 1. The van der Waals surface area contributed by atoms with Gasteiger partial charge in [-0.15, -0.1) is 0 Å². The lowest BCUT2D eigenvalue weighted by Gasteiger charge is -2.18. The highest BCUT2D eigenvalue weighted by atomic mass is 35.5. The molecule has 1 aliphatic rings. The zero-order valence-electron chi connectivity index (χ0n) is 10.2. The van der Waals surface area contributed by atoms with E-state index in [0.29, 0.717) is 18.2 Å². The molecule has 0 saturated carbocycles. The van der Waals surface area contributed by atoms with E-state index >= 15 is 0 Å². The largest absolute Gasteiger partial charge is 0.379 e. The molecule has 3 N–H and O–H groups in total. The molecule has 3 unspecified atom stereocenters. The van der Waals surface area contributed by atoms with Crippen molar-refractivity contribution in [3.8, 4) is 0 Å². The van der Waals surface area contributed by atoms with Crippen molar-refractivity contribution in [1.82, 2.24) is 5.32 Å². The van der Waals surface area contributed by atoms with E-state index in [1.165, 1.54) is 0 Å². The van der Waals surface area contributed by atoms with Crippen molar-refractivity contribution in [2.24, 2.45) is 11.7 Å². The van der Waals surface area contributed by atoms with Crippen molar-refractivity contribution in [2.75, 3.05) is 13.2 Å². The second kappa shape index (κ2) is 5.69. The number of ether oxygens (including phenoxy) is 1. The molecule has 1 saturated heterocycles. The Bertz CT molecular complexity index is 422. The molecule has 98 valence electrons. The second-order valence-electron chi connectivity index (χ2n) is 4.59. The number of rotatable bonds is 3. The number of carbonyl (C=O) groups excluding carboxylic acids is 1. The van der Waals surface area contributed by atoms with Crippen molar-refractivity contribution in [1.29, 1.82) is 0 Å². The third-order valence-corrected chi connectivity index (χ3v) is 3.44. The lowest BCUT2D eigenvalue weighted by Crippen LogP contribution is -2.41. The van der Waals surface area contributed by atoms with Crippen molar-refractivity contribution >= 4 is 17.5 Å². The van der Waals surface area contributed by atoms with Gasteiger partial charge in [0, 0.05) is 11.1 Å². The summed E-state index contributed by atoms with van der Waals surface area (Å²) in [5, 5.41) is 3.63. The van der Waals surface area contributed by atoms with E-state index in [2.05, 4.69) is 5.32 Å². The Balaban J connectivity index is 1.96. The first-order valence-corrected chi connectivity index (χ1v) is 6.35. The average Bonchev–Trinajstić information content (AvgIpc) is 2.76. The van der Waals surface area contributed by atoms with Gasteiger partial charge < -0.3 is 15.8 Å². The van der Waals surface area contributed by atoms with Gasteiger partial charge in [0.1, 0.15) is 0 Å². The molecule has 2 rings (SSSR count). The minimum atomic E-state index is -0.250. The topological polar surface area (TPSA) is 64.3 Å². The van der Waals surface area contributed by atoms with Gasteiger partial charge in [-0.05, 0) is 24.6 Å². The quantitative estimate of drug-likeness (QED) is 0.873. The smallest absolute Gasteiger partial charge is 0.227 e. The second-order valence-corrected chi connectivity index (χ2v) is 5.03. The third kappa shape index (κ3) is 3.02. The first-order chi connectivity index (χ1) is 8.58. The molecule has 0 radical (unpaired) electrons. The van der Waals surface area contributed by atoms with Crippen molar-refractivity contribution in [3.63, 3.8) is 0 Å². The van der Waals surface area contributed by atoms with Crippen LogP contribution in [-0.2, 0) is 9.53 Å².